The van der Waals surface area contributed by atoms with E-state index in [1.807, 2.05) is 7.05 Å². The van der Waals surface area contributed by atoms with E-state index >= 15 is 0 Å². The van der Waals surface area contributed by atoms with Gasteiger partial charge in [-0.25, -0.2) is 0 Å². The predicted octanol–water partition coefficient (Wildman–Crippen LogP) is 2.08. The number of carbonyl (C=O) groups is 1. The zero-order valence-electron chi connectivity index (χ0n) is 13.7. The van der Waals surface area contributed by atoms with Crippen molar-refractivity contribution in [2.45, 2.75) is 18.2 Å². The molecule has 0 saturated carbocycles. The zero-order chi connectivity index (χ0) is 16.8. The minimum absolute atomic E-state index is 0. The molecule has 24 heavy (non-hydrogen) atoms. The van der Waals surface area contributed by atoms with Crippen molar-refractivity contribution in [1.82, 2.24) is 10.2 Å². The summed E-state index contributed by atoms with van der Waals surface area (Å²) in [5.41, 5.74) is 0.756. The second kappa shape index (κ2) is 9.71. The molecule has 1 heterocycles. The molecule has 134 valence electrons. The van der Waals surface area contributed by atoms with Gasteiger partial charge in [-0.05, 0) is 24.6 Å². The zero-order valence-corrected chi connectivity index (χ0v) is 15.3. The Balaban J connectivity index is 0.00000288. The monoisotopic (exact) mass is 375 g/mol. The lowest BCUT2D eigenvalue weighted by Crippen LogP contribution is -2.39. The number of rotatable bonds is 7. The van der Waals surface area contributed by atoms with Gasteiger partial charge in [0, 0.05) is 31.5 Å². The highest BCUT2D eigenvalue weighted by Gasteiger charge is 2.23. The second-order valence-corrected chi connectivity index (χ2v) is 6.39. The quantitative estimate of drug-likeness (QED) is 0.580. The van der Waals surface area contributed by atoms with Crippen molar-refractivity contribution in [2.75, 3.05) is 33.0 Å². The van der Waals surface area contributed by atoms with Crippen molar-refractivity contribution in [2.24, 2.45) is 0 Å². The lowest BCUT2D eigenvalue weighted by atomic mass is 10.2. The number of hydrogen-bond donors (Lipinski definition) is 1. The summed E-state index contributed by atoms with van der Waals surface area (Å²) in [6, 6.07) is 5.14. The van der Waals surface area contributed by atoms with Crippen LogP contribution >= 0.6 is 24.2 Å². The number of ether oxygens (including phenoxy) is 1. The van der Waals surface area contributed by atoms with Gasteiger partial charge in [-0.3, -0.25) is 14.9 Å². The fourth-order valence-electron chi connectivity index (χ4n) is 2.50. The smallest absolute Gasteiger partial charge is 0.311 e. The first kappa shape index (κ1) is 20.5. The molecule has 0 aliphatic carbocycles. The van der Waals surface area contributed by atoms with E-state index < -0.39 is 4.92 Å². The van der Waals surface area contributed by atoms with Crippen molar-refractivity contribution in [3.05, 3.63) is 33.9 Å². The van der Waals surface area contributed by atoms with Gasteiger partial charge in [-0.1, -0.05) is 6.07 Å². The summed E-state index contributed by atoms with van der Waals surface area (Å²) < 4.78 is 4.98. The van der Waals surface area contributed by atoms with Crippen molar-refractivity contribution in [3.8, 4) is 5.75 Å². The Hall–Kier alpha value is -1.51. The van der Waals surface area contributed by atoms with E-state index in [1.54, 1.807) is 17.0 Å². The molecule has 1 atom stereocenters. The Kier molecular flexibility index (Phi) is 8.30. The average Bonchev–Trinajstić information content (AvgIpc) is 3.08. The van der Waals surface area contributed by atoms with Crippen LogP contribution < -0.4 is 10.1 Å². The van der Waals surface area contributed by atoms with Crippen LogP contribution in [-0.4, -0.2) is 54.8 Å². The molecule has 9 heteroatoms. The van der Waals surface area contributed by atoms with E-state index in [0.717, 1.165) is 25.1 Å². The number of nitrogens with one attached hydrogen (secondary N) is 1. The fourth-order valence-corrected chi connectivity index (χ4v) is 3.40. The minimum atomic E-state index is -0.459. The SMILES string of the molecule is COc1ccc(CSCC(=O)N(C)C2CCNC2)cc1[N+](=O)[O-].Cl. The highest BCUT2D eigenvalue weighted by atomic mass is 35.5. The van der Waals surface area contributed by atoms with Crippen LogP contribution in [0, 0.1) is 10.1 Å². The minimum Gasteiger partial charge on any atom is -0.490 e. The van der Waals surface area contributed by atoms with Gasteiger partial charge in [0.05, 0.1) is 17.8 Å². The number of carbonyl (C=O) groups excluding carboxylic acids is 1. The molecule has 0 aromatic heterocycles. The predicted molar refractivity (Wildman–Crippen MR) is 97.1 cm³/mol. The summed E-state index contributed by atoms with van der Waals surface area (Å²) in [7, 11) is 3.24. The highest BCUT2D eigenvalue weighted by Crippen LogP contribution is 2.29. The van der Waals surface area contributed by atoms with Crippen LogP contribution in [-0.2, 0) is 10.5 Å². The van der Waals surface area contributed by atoms with Crippen molar-refractivity contribution in [1.29, 1.82) is 0 Å². The van der Waals surface area contributed by atoms with Crippen LogP contribution in [0.1, 0.15) is 12.0 Å². The summed E-state index contributed by atoms with van der Waals surface area (Å²) in [4.78, 5) is 24.5. The lowest BCUT2D eigenvalue weighted by Gasteiger charge is -2.23. The number of halogens is 1. The average molecular weight is 376 g/mol. The topological polar surface area (TPSA) is 84.7 Å². The Morgan fingerprint density at radius 3 is 2.88 bits per heavy atom. The van der Waals surface area contributed by atoms with Gasteiger partial charge in [0.15, 0.2) is 5.75 Å². The first-order valence-corrected chi connectivity index (χ1v) is 8.54. The molecular formula is C15H22ClN3O4S. The summed E-state index contributed by atoms with van der Waals surface area (Å²) in [5.74, 6) is 1.25. The van der Waals surface area contributed by atoms with Crippen LogP contribution in [0.25, 0.3) is 0 Å². The molecule has 1 unspecified atom stereocenters. The van der Waals surface area contributed by atoms with Gasteiger partial charge >= 0.3 is 5.69 Å². The highest BCUT2D eigenvalue weighted by molar-refractivity contribution is 7.99. The first-order valence-electron chi connectivity index (χ1n) is 7.38. The number of benzene rings is 1. The molecule has 1 aliphatic rings. The van der Waals surface area contributed by atoms with E-state index in [-0.39, 0.29) is 35.8 Å². The summed E-state index contributed by atoms with van der Waals surface area (Å²) in [5, 5.41) is 14.2. The number of methoxy groups -OCH3 is 1. The Morgan fingerprint density at radius 1 is 1.54 bits per heavy atom. The molecule has 2 rings (SSSR count). The van der Waals surface area contributed by atoms with E-state index in [0.29, 0.717) is 11.5 Å². The lowest BCUT2D eigenvalue weighted by molar-refractivity contribution is -0.385. The third-order valence-electron chi connectivity index (χ3n) is 3.91. The maximum atomic E-state index is 12.1. The number of nitro groups is 1. The van der Waals surface area contributed by atoms with Gasteiger partial charge in [0.25, 0.3) is 0 Å². The van der Waals surface area contributed by atoms with Crippen LogP contribution in [0.15, 0.2) is 18.2 Å². The maximum Gasteiger partial charge on any atom is 0.311 e. The summed E-state index contributed by atoms with van der Waals surface area (Å²) in [6.07, 6.45) is 0.984. The number of likely N-dealkylation sites (N-methyl/N-ethyl adjacent to an activating group) is 1. The van der Waals surface area contributed by atoms with E-state index in [1.165, 1.54) is 24.9 Å². The summed E-state index contributed by atoms with van der Waals surface area (Å²) >= 11 is 1.46. The van der Waals surface area contributed by atoms with E-state index in [9.17, 15) is 14.9 Å². The molecular weight excluding hydrogens is 354 g/mol. The molecule has 1 aromatic carbocycles. The largest absolute Gasteiger partial charge is 0.490 e. The van der Waals surface area contributed by atoms with Gasteiger partial charge in [-0.2, -0.15) is 0 Å². The molecule has 1 aromatic rings. The first-order chi connectivity index (χ1) is 11.0. The molecule has 7 nitrogen and oxygen atoms in total. The number of thioether (sulfide) groups is 1. The van der Waals surface area contributed by atoms with Crippen molar-refractivity contribution in [3.63, 3.8) is 0 Å². The van der Waals surface area contributed by atoms with Crippen molar-refractivity contribution < 1.29 is 14.5 Å². The maximum absolute atomic E-state index is 12.1. The van der Waals surface area contributed by atoms with Gasteiger partial charge < -0.3 is 15.0 Å². The molecule has 0 spiro atoms. The second-order valence-electron chi connectivity index (χ2n) is 5.41. The Labute approximate surface area is 151 Å². The molecule has 1 saturated heterocycles. The summed E-state index contributed by atoms with van der Waals surface area (Å²) in [6.45, 7) is 1.79. The molecule has 1 N–H and O–H groups in total. The third-order valence-corrected chi connectivity index (χ3v) is 4.90. The van der Waals surface area contributed by atoms with Gasteiger partial charge in [-0.15, -0.1) is 24.2 Å². The molecule has 0 bridgehead atoms. The van der Waals surface area contributed by atoms with Crippen LogP contribution in [0.2, 0.25) is 0 Å². The Bertz CT molecular complexity index is 582. The van der Waals surface area contributed by atoms with E-state index in [4.69, 9.17) is 4.74 Å². The standard InChI is InChI=1S/C15H21N3O4S.ClH/c1-17(12-5-6-16-8-12)15(19)10-23-9-11-3-4-14(22-2)13(7-11)18(20)21;/h3-4,7,12,16H,5-6,8-10H2,1-2H3;1H. The van der Waals surface area contributed by atoms with Crippen LogP contribution in [0.4, 0.5) is 5.69 Å². The Morgan fingerprint density at radius 2 is 2.29 bits per heavy atom. The van der Waals surface area contributed by atoms with Crippen LogP contribution in [0.5, 0.6) is 5.75 Å². The number of nitro benzene ring substituents is 1. The fraction of sp³-hybridized carbons (Fsp3) is 0.533. The normalized spacial score (nSPS) is 16.3. The molecule has 1 aliphatic heterocycles. The van der Waals surface area contributed by atoms with Gasteiger partial charge in [0.1, 0.15) is 0 Å². The van der Waals surface area contributed by atoms with Crippen LogP contribution in [0.3, 0.4) is 0 Å². The molecule has 1 fully saturated rings. The van der Waals surface area contributed by atoms with Gasteiger partial charge in [0.2, 0.25) is 5.91 Å². The number of amides is 1. The molecule has 0 radical (unpaired) electrons. The number of hydrogen-bond acceptors (Lipinski definition) is 6. The molecule has 1 amide bonds. The third kappa shape index (κ3) is 5.25. The van der Waals surface area contributed by atoms with Crippen molar-refractivity contribution >= 4 is 35.8 Å². The van der Waals surface area contributed by atoms with E-state index in [2.05, 4.69) is 5.32 Å². The number of nitrogens with zero attached hydrogens (tertiary/aromatic N) is 2.